The molecule has 0 heterocycles. The molecule has 84 valence electrons. The number of rotatable bonds is 2. The van der Waals surface area contributed by atoms with Crippen molar-refractivity contribution >= 4 is 5.78 Å². The summed E-state index contributed by atoms with van der Waals surface area (Å²) in [5.41, 5.74) is 2.68. The van der Waals surface area contributed by atoms with Crippen LogP contribution in [0.4, 0.5) is 0 Å². The highest BCUT2D eigenvalue weighted by Gasteiger charge is 2.20. The van der Waals surface area contributed by atoms with Gasteiger partial charge in [-0.3, -0.25) is 4.79 Å². The summed E-state index contributed by atoms with van der Waals surface area (Å²) < 4.78 is 0. The average molecular weight is 214 g/mol. The van der Waals surface area contributed by atoms with E-state index in [0.717, 1.165) is 6.42 Å². The lowest BCUT2D eigenvalue weighted by Gasteiger charge is -2.25. The Labute approximate surface area is 97.2 Å². The van der Waals surface area contributed by atoms with Crippen LogP contribution >= 0.6 is 0 Å². The van der Waals surface area contributed by atoms with Crippen molar-refractivity contribution < 1.29 is 4.79 Å². The number of hydrogen-bond donors (Lipinski definition) is 0. The Hall–Kier alpha value is -1.37. The fourth-order valence-corrected chi connectivity index (χ4v) is 2.54. The lowest BCUT2D eigenvalue weighted by atomic mass is 9.79. The zero-order valence-electron chi connectivity index (χ0n) is 9.78. The van der Waals surface area contributed by atoms with E-state index in [4.69, 9.17) is 0 Å². The minimum atomic E-state index is 0.179. The molecule has 1 saturated carbocycles. The average Bonchev–Trinajstić information content (AvgIpc) is 2.30. The molecule has 0 bridgehead atoms. The Morgan fingerprint density at radius 1 is 1.25 bits per heavy atom. The molecule has 0 amide bonds. The first-order valence-corrected chi connectivity index (χ1v) is 6.03. The molecule has 1 atom stereocenters. The minimum absolute atomic E-state index is 0.179. The normalized spacial score (nSPS) is 23.3. The van der Waals surface area contributed by atoms with Crippen LogP contribution in [0.25, 0.3) is 0 Å². The van der Waals surface area contributed by atoms with Crippen LogP contribution in [0.5, 0.6) is 0 Å². The highest BCUT2D eigenvalue weighted by atomic mass is 16.1. The number of allylic oxidation sites excluding steroid dienone is 2. The lowest BCUT2D eigenvalue weighted by Crippen LogP contribution is -2.09. The molecule has 1 fully saturated rings. The third kappa shape index (κ3) is 2.60. The van der Waals surface area contributed by atoms with E-state index in [1.54, 1.807) is 6.92 Å². The second-order valence-electron chi connectivity index (χ2n) is 4.54. The smallest absolute Gasteiger partial charge is 0.152 e. The second kappa shape index (κ2) is 5.11. The van der Waals surface area contributed by atoms with Crippen molar-refractivity contribution in [1.82, 2.24) is 0 Å². The molecule has 0 aromatic heterocycles. The summed E-state index contributed by atoms with van der Waals surface area (Å²) in [6.07, 6.45) is 6.61. The van der Waals surface area contributed by atoms with Gasteiger partial charge in [0.05, 0.1) is 0 Å². The predicted molar refractivity (Wildman–Crippen MR) is 66.4 cm³/mol. The molecule has 0 N–H and O–H groups in total. The zero-order chi connectivity index (χ0) is 11.4. The first-order chi connectivity index (χ1) is 7.77. The lowest BCUT2D eigenvalue weighted by molar-refractivity contribution is -0.112. The standard InChI is InChI=1S/C15H18O/c1-12(16)11-14-9-5-6-10-15(14)13-7-3-2-4-8-13/h2-4,7-8,11,15H,5-6,9-10H2,1H3/b14-11-. The summed E-state index contributed by atoms with van der Waals surface area (Å²) in [5.74, 6) is 0.650. The maximum Gasteiger partial charge on any atom is 0.152 e. The fraction of sp³-hybridized carbons (Fsp3) is 0.400. The van der Waals surface area contributed by atoms with Gasteiger partial charge in [0.15, 0.2) is 5.78 Å². The van der Waals surface area contributed by atoms with Crippen LogP contribution in [-0.2, 0) is 4.79 Å². The Balaban J connectivity index is 2.27. The van der Waals surface area contributed by atoms with Crippen molar-refractivity contribution in [3.63, 3.8) is 0 Å². The Morgan fingerprint density at radius 3 is 2.69 bits per heavy atom. The van der Waals surface area contributed by atoms with Crippen molar-refractivity contribution in [2.45, 2.75) is 38.5 Å². The number of benzene rings is 1. The van der Waals surface area contributed by atoms with Gasteiger partial charge >= 0.3 is 0 Å². The van der Waals surface area contributed by atoms with Crippen molar-refractivity contribution in [2.75, 3.05) is 0 Å². The van der Waals surface area contributed by atoms with Crippen LogP contribution in [0.1, 0.15) is 44.1 Å². The Kier molecular flexibility index (Phi) is 3.55. The van der Waals surface area contributed by atoms with Gasteiger partial charge in [-0.05, 0) is 37.8 Å². The Morgan fingerprint density at radius 2 is 2.00 bits per heavy atom. The summed E-state index contributed by atoms with van der Waals surface area (Å²) in [6, 6.07) is 10.5. The topological polar surface area (TPSA) is 17.1 Å². The van der Waals surface area contributed by atoms with Gasteiger partial charge in [-0.2, -0.15) is 0 Å². The monoisotopic (exact) mass is 214 g/mol. The molecule has 1 aromatic rings. The predicted octanol–water partition coefficient (Wildman–Crippen LogP) is 3.86. The van der Waals surface area contributed by atoms with E-state index in [-0.39, 0.29) is 5.78 Å². The third-order valence-electron chi connectivity index (χ3n) is 3.25. The van der Waals surface area contributed by atoms with E-state index in [2.05, 4.69) is 24.3 Å². The molecule has 0 aliphatic heterocycles. The number of hydrogen-bond acceptors (Lipinski definition) is 1. The van der Waals surface area contributed by atoms with E-state index in [0.29, 0.717) is 5.92 Å². The molecule has 1 aromatic carbocycles. The summed E-state index contributed by atoms with van der Waals surface area (Å²) in [5, 5.41) is 0. The maximum absolute atomic E-state index is 11.2. The third-order valence-corrected chi connectivity index (χ3v) is 3.25. The Bertz CT molecular complexity index is 389. The van der Waals surface area contributed by atoms with E-state index >= 15 is 0 Å². The van der Waals surface area contributed by atoms with Gasteiger partial charge in [-0.15, -0.1) is 0 Å². The van der Waals surface area contributed by atoms with E-state index in [1.165, 1.54) is 30.4 Å². The van der Waals surface area contributed by atoms with Crippen molar-refractivity contribution in [1.29, 1.82) is 0 Å². The highest BCUT2D eigenvalue weighted by molar-refractivity contribution is 5.88. The molecule has 16 heavy (non-hydrogen) atoms. The number of carbonyl (C=O) groups is 1. The largest absolute Gasteiger partial charge is 0.295 e. The first kappa shape index (κ1) is 11.1. The van der Waals surface area contributed by atoms with Gasteiger partial charge < -0.3 is 0 Å². The fourth-order valence-electron chi connectivity index (χ4n) is 2.54. The molecule has 0 radical (unpaired) electrons. The van der Waals surface area contributed by atoms with Gasteiger partial charge in [-0.25, -0.2) is 0 Å². The first-order valence-electron chi connectivity index (χ1n) is 6.03. The van der Waals surface area contributed by atoms with Gasteiger partial charge in [0.25, 0.3) is 0 Å². The number of carbonyl (C=O) groups excluding carboxylic acids is 1. The van der Waals surface area contributed by atoms with Gasteiger partial charge in [-0.1, -0.05) is 42.3 Å². The molecule has 1 aliphatic rings. The van der Waals surface area contributed by atoms with Crippen molar-refractivity contribution in [2.24, 2.45) is 0 Å². The second-order valence-corrected chi connectivity index (χ2v) is 4.54. The summed E-state index contributed by atoms with van der Waals surface area (Å²) in [6.45, 7) is 1.64. The van der Waals surface area contributed by atoms with Crippen LogP contribution in [0.2, 0.25) is 0 Å². The van der Waals surface area contributed by atoms with Gasteiger partial charge in [0.1, 0.15) is 0 Å². The zero-order valence-corrected chi connectivity index (χ0v) is 9.78. The van der Waals surface area contributed by atoms with Crippen LogP contribution in [0.3, 0.4) is 0 Å². The molecular weight excluding hydrogens is 196 g/mol. The minimum Gasteiger partial charge on any atom is -0.295 e. The molecule has 1 unspecified atom stereocenters. The molecule has 0 saturated heterocycles. The van der Waals surface area contributed by atoms with Crippen LogP contribution in [0, 0.1) is 0 Å². The molecule has 0 spiro atoms. The van der Waals surface area contributed by atoms with E-state index < -0.39 is 0 Å². The SMILES string of the molecule is CC(=O)/C=C1/CCCCC1c1ccccc1. The molecule has 1 heteroatoms. The van der Waals surface area contributed by atoms with E-state index in [1.807, 2.05) is 12.1 Å². The van der Waals surface area contributed by atoms with Crippen molar-refractivity contribution in [3.05, 3.63) is 47.5 Å². The van der Waals surface area contributed by atoms with Crippen LogP contribution in [-0.4, -0.2) is 5.78 Å². The number of ketones is 1. The van der Waals surface area contributed by atoms with Crippen LogP contribution < -0.4 is 0 Å². The van der Waals surface area contributed by atoms with Gasteiger partial charge in [0, 0.05) is 5.92 Å². The maximum atomic E-state index is 11.2. The molecular formula is C15H18O. The highest BCUT2D eigenvalue weighted by Crippen LogP contribution is 2.37. The van der Waals surface area contributed by atoms with E-state index in [9.17, 15) is 4.79 Å². The van der Waals surface area contributed by atoms with Crippen molar-refractivity contribution in [3.8, 4) is 0 Å². The molecule has 1 nitrogen and oxygen atoms in total. The van der Waals surface area contributed by atoms with Crippen LogP contribution in [0.15, 0.2) is 42.0 Å². The molecule has 2 rings (SSSR count). The molecule has 1 aliphatic carbocycles. The van der Waals surface area contributed by atoms with Gasteiger partial charge in [0.2, 0.25) is 0 Å². The summed E-state index contributed by atoms with van der Waals surface area (Å²) >= 11 is 0. The quantitative estimate of drug-likeness (QED) is 0.683. The summed E-state index contributed by atoms with van der Waals surface area (Å²) in [4.78, 5) is 11.2. The summed E-state index contributed by atoms with van der Waals surface area (Å²) in [7, 11) is 0.